The molecule has 5 heteroatoms. The largest absolute Gasteiger partial charge is 0.468 e. The zero-order chi connectivity index (χ0) is 17.6. The quantitative estimate of drug-likeness (QED) is 0.638. The Hall–Kier alpha value is -2.11. The van der Waals surface area contributed by atoms with Crippen LogP contribution >= 0.6 is 15.9 Å². The maximum Gasteiger partial charge on any atom is 0.326 e. The molecule has 2 unspecified atom stereocenters. The number of aromatic amines is 1. The summed E-state index contributed by atoms with van der Waals surface area (Å²) in [6.07, 6.45) is 0.578. The molecule has 0 aliphatic carbocycles. The number of carbonyl (C=O) groups is 1. The number of hydrogen-bond donors (Lipinski definition) is 2. The molecule has 0 saturated heterocycles. The highest BCUT2D eigenvalue weighted by Crippen LogP contribution is 2.39. The number of hydrogen-bond acceptors (Lipinski definition) is 3. The van der Waals surface area contributed by atoms with Crippen LogP contribution in [0.4, 0.5) is 0 Å². The molecular weight excluding hydrogens is 380 g/mol. The van der Waals surface area contributed by atoms with Gasteiger partial charge in [-0.25, -0.2) is 0 Å². The number of H-pyrrole nitrogens is 1. The molecular formula is C20H19BrN2O2. The first kappa shape index (κ1) is 16.4. The summed E-state index contributed by atoms with van der Waals surface area (Å²) >= 11 is 3.56. The van der Waals surface area contributed by atoms with E-state index in [0.29, 0.717) is 6.42 Å². The molecule has 2 aromatic carbocycles. The standard InChI is InChI=1S/C20H19BrN2O2/c1-20(19(24)25-2)11-15-14-10-13(21)8-9-16(14)22-18(15)17(23-20)12-6-4-3-5-7-12/h3-10,17,22-23H,11H2,1-2H3. The van der Waals surface area contributed by atoms with E-state index in [1.165, 1.54) is 7.11 Å². The van der Waals surface area contributed by atoms with E-state index in [9.17, 15) is 4.79 Å². The van der Waals surface area contributed by atoms with Crippen molar-refractivity contribution in [3.8, 4) is 0 Å². The zero-order valence-corrected chi connectivity index (χ0v) is 15.7. The van der Waals surface area contributed by atoms with Gasteiger partial charge in [-0.2, -0.15) is 0 Å². The second-order valence-corrected chi connectivity index (χ2v) is 7.61. The molecule has 0 fully saturated rings. The third-order valence-corrected chi connectivity index (χ3v) is 5.45. The van der Waals surface area contributed by atoms with Gasteiger partial charge in [-0.3, -0.25) is 10.1 Å². The lowest BCUT2D eigenvalue weighted by molar-refractivity contribution is -0.148. The molecule has 25 heavy (non-hydrogen) atoms. The SMILES string of the molecule is COC(=O)C1(C)Cc2c([nH]c3ccc(Br)cc23)C(c2ccccc2)N1. The monoisotopic (exact) mass is 398 g/mol. The van der Waals surface area contributed by atoms with Gasteiger partial charge in [-0.05, 0) is 36.2 Å². The number of ether oxygens (including phenoxy) is 1. The van der Waals surface area contributed by atoms with E-state index in [2.05, 4.69) is 50.5 Å². The fraction of sp³-hybridized carbons (Fsp3) is 0.250. The third kappa shape index (κ3) is 2.68. The van der Waals surface area contributed by atoms with Crippen molar-refractivity contribution in [2.45, 2.75) is 24.9 Å². The second-order valence-electron chi connectivity index (χ2n) is 6.70. The number of esters is 1. The normalized spacial score (nSPS) is 22.6. The van der Waals surface area contributed by atoms with Crippen molar-refractivity contribution in [2.75, 3.05) is 7.11 Å². The lowest BCUT2D eigenvalue weighted by Gasteiger charge is -2.37. The Morgan fingerprint density at radius 3 is 2.72 bits per heavy atom. The molecule has 0 radical (unpaired) electrons. The Morgan fingerprint density at radius 2 is 2.00 bits per heavy atom. The first-order chi connectivity index (χ1) is 12.0. The molecule has 4 rings (SSSR count). The number of carbonyl (C=O) groups excluding carboxylic acids is 1. The first-order valence-corrected chi connectivity index (χ1v) is 9.02. The summed E-state index contributed by atoms with van der Waals surface area (Å²) in [5, 5.41) is 4.65. The molecule has 0 saturated carbocycles. The van der Waals surface area contributed by atoms with Gasteiger partial charge >= 0.3 is 5.97 Å². The van der Waals surface area contributed by atoms with E-state index in [4.69, 9.17) is 4.74 Å². The number of methoxy groups -OCH3 is 1. The van der Waals surface area contributed by atoms with Gasteiger partial charge in [0, 0.05) is 27.5 Å². The van der Waals surface area contributed by atoms with Crippen LogP contribution in [0.1, 0.15) is 29.8 Å². The highest BCUT2D eigenvalue weighted by atomic mass is 79.9. The summed E-state index contributed by atoms with van der Waals surface area (Å²) in [4.78, 5) is 16.0. The Balaban J connectivity index is 1.94. The van der Waals surface area contributed by atoms with Crippen molar-refractivity contribution in [1.82, 2.24) is 10.3 Å². The molecule has 2 N–H and O–H groups in total. The van der Waals surface area contributed by atoms with Gasteiger partial charge in [0.05, 0.1) is 13.2 Å². The number of aromatic nitrogens is 1. The van der Waals surface area contributed by atoms with Crippen LogP contribution in [0.2, 0.25) is 0 Å². The Morgan fingerprint density at radius 1 is 1.24 bits per heavy atom. The van der Waals surface area contributed by atoms with Gasteiger partial charge in [0.1, 0.15) is 5.54 Å². The Labute approximate surface area is 154 Å². The van der Waals surface area contributed by atoms with Crippen LogP contribution < -0.4 is 5.32 Å². The lowest BCUT2D eigenvalue weighted by atomic mass is 9.83. The van der Waals surface area contributed by atoms with E-state index in [1.54, 1.807) is 0 Å². The first-order valence-electron chi connectivity index (χ1n) is 8.23. The van der Waals surface area contributed by atoms with Crippen molar-refractivity contribution < 1.29 is 9.53 Å². The molecule has 1 aliphatic heterocycles. The molecule has 0 amide bonds. The van der Waals surface area contributed by atoms with Gasteiger partial charge in [0.15, 0.2) is 0 Å². The van der Waals surface area contributed by atoms with Crippen molar-refractivity contribution in [3.05, 3.63) is 69.8 Å². The lowest BCUT2D eigenvalue weighted by Crippen LogP contribution is -2.56. The van der Waals surface area contributed by atoms with Gasteiger partial charge < -0.3 is 9.72 Å². The molecule has 0 bridgehead atoms. The number of benzene rings is 2. The average molecular weight is 399 g/mol. The topological polar surface area (TPSA) is 54.1 Å². The van der Waals surface area contributed by atoms with E-state index in [0.717, 1.165) is 32.2 Å². The summed E-state index contributed by atoms with van der Waals surface area (Å²) in [5.74, 6) is -0.247. The number of rotatable bonds is 2. The van der Waals surface area contributed by atoms with Crippen LogP contribution in [-0.4, -0.2) is 23.6 Å². The minimum atomic E-state index is -0.778. The fourth-order valence-corrected chi connectivity index (χ4v) is 4.09. The predicted molar refractivity (Wildman–Crippen MR) is 102 cm³/mol. The molecule has 1 aliphatic rings. The van der Waals surface area contributed by atoms with Gasteiger partial charge in [-0.1, -0.05) is 46.3 Å². The van der Waals surface area contributed by atoms with Crippen LogP contribution in [0.5, 0.6) is 0 Å². The fourth-order valence-electron chi connectivity index (χ4n) is 3.72. The van der Waals surface area contributed by atoms with Gasteiger partial charge in [0.2, 0.25) is 0 Å². The zero-order valence-electron chi connectivity index (χ0n) is 14.1. The van der Waals surface area contributed by atoms with Crippen LogP contribution in [0, 0.1) is 0 Å². The maximum absolute atomic E-state index is 12.5. The molecule has 128 valence electrons. The summed E-state index contributed by atoms with van der Waals surface area (Å²) < 4.78 is 6.11. The second kappa shape index (κ2) is 6.00. The molecule has 1 aromatic heterocycles. The number of nitrogens with one attached hydrogen (secondary N) is 2. The number of fused-ring (bicyclic) bond motifs is 3. The van der Waals surface area contributed by atoms with Gasteiger partial charge in [-0.15, -0.1) is 0 Å². The Kier molecular flexibility index (Phi) is 3.93. The summed E-state index contributed by atoms with van der Waals surface area (Å²) in [6, 6.07) is 16.3. The summed E-state index contributed by atoms with van der Waals surface area (Å²) in [5.41, 5.74) is 3.69. The number of halogens is 1. The van der Waals surface area contributed by atoms with E-state index >= 15 is 0 Å². The van der Waals surface area contributed by atoms with Gasteiger partial charge in [0.25, 0.3) is 0 Å². The predicted octanol–water partition coefficient (Wildman–Crippen LogP) is 4.10. The van der Waals surface area contributed by atoms with Crippen molar-refractivity contribution >= 4 is 32.8 Å². The van der Waals surface area contributed by atoms with E-state index < -0.39 is 5.54 Å². The average Bonchev–Trinajstić information content (AvgIpc) is 2.98. The molecule has 2 heterocycles. The maximum atomic E-state index is 12.5. The third-order valence-electron chi connectivity index (χ3n) is 4.95. The molecule has 4 nitrogen and oxygen atoms in total. The van der Waals surface area contributed by atoms with Crippen molar-refractivity contribution in [2.24, 2.45) is 0 Å². The van der Waals surface area contributed by atoms with Crippen LogP contribution in [0.15, 0.2) is 53.0 Å². The summed E-state index contributed by atoms with van der Waals surface area (Å²) in [6.45, 7) is 1.91. The van der Waals surface area contributed by atoms with Crippen molar-refractivity contribution in [1.29, 1.82) is 0 Å². The molecule has 0 spiro atoms. The smallest absolute Gasteiger partial charge is 0.326 e. The molecule has 2 atom stereocenters. The van der Waals surface area contributed by atoms with E-state index in [1.807, 2.05) is 31.2 Å². The van der Waals surface area contributed by atoms with Crippen LogP contribution in [0.25, 0.3) is 10.9 Å². The highest BCUT2D eigenvalue weighted by molar-refractivity contribution is 9.10. The molecule has 3 aromatic rings. The van der Waals surface area contributed by atoms with E-state index in [-0.39, 0.29) is 12.0 Å². The minimum absolute atomic E-state index is 0.0970. The van der Waals surface area contributed by atoms with Crippen LogP contribution in [0.3, 0.4) is 0 Å². The van der Waals surface area contributed by atoms with Crippen LogP contribution in [-0.2, 0) is 16.0 Å². The Bertz CT molecular complexity index is 951. The highest BCUT2D eigenvalue weighted by Gasteiger charge is 2.43. The minimum Gasteiger partial charge on any atom is -0.468 e. The van der Waals surface area contributed by atoms with Crippen molar-refractivity contribution in [3.63, 3.8) is 0 Å². The summed E-state index contributed by atoms with van der Waals surface area (Å²) in [7, 11) is 1.44.